The van der Waals surface area contributed by atoms with Gasteiger partial charge in [0.05, 0.1) is 6.54 Å². The van der Waals surface area contributed by atoms with Crippen molar-refractivity contribution in [1.29, 1.82) is 0 Å². The zero-order chi connectivity index (χ0) is 15.3. The van der Waals surface area contributed by atoms with E-state index in [2.05, 4.69) is 14.9 Å². The van der Waals surface area contributed by atoms with Crippen LogP contribution in [0.15, 0.2) is 15.4 Å². The van der Waals surface area contributed by atoms with Crippen LogP contribution in [0.2, 0.25) is 0 Å². The summed E-state index contributed by atoms with van der Waals surface area (Å²) in [7, 11) is -1.69. The Labute approximate surface area is 126 Å². The highest BCUT2D eigenvalue weighted by molar-refractivity contribution is 7.89. The van der Waals surface area contributed by atoms with Gasteiger partial charge in [-0.2, -0.15) is 0 Å². The van der Waals surface area contributed by atoms with Gasteiger partial charge in [0.1, 0.15) is 16.4 Å². The van der Waals surface area contributed by atoms with Gasteiger partial charge in [0.2, 0.25) is 10.0 Å². The fraction of sp³-hybridized carbons (Fsp3) is 0.714. The number of hydrogen-bond donors (Lipinski definition) is 2. The minimum atomic E-state index is -3.49. The molecule has 0 unspecified atom stereocenters. The van der Waals surface area contributed by atoms with Crippen molar-refractivity contribution in [3.8, 4) is 0 Å². The minimum Gasteiger partial charge on any atom is -0.464 e. The summed E-state index contributed by atoms with van der Waals surface area (Å²) in [6.07, 6.45) is 3.70. The molecular formula is C14H25N3O3S. The molecule has 2 N–H and O–H groups in total. The molecule has 1 fully saturated rings. The molecule has 1 aliphatic rings. The van der Waals surface area contributed by atoms with Crippen LogP contribution in [0.25, 0.3) is 0 Å². The number of nitrogens with zero attached hydrogens (tertiary/aromatic N) is 1. The molecule has 0 atom stereocenters. The Morgan fingerprint density at radius 2 is 2.00 bits per heavy atom. The van der Waals surface area contributed by atoms with Crippen LogP contribution in [0.5, 0.6) is 0 Å². The van der Waals surface area contributed by atoms with E-state index in [1.807, 2.05) is 0 Å². The lowest BCUT2D eigenvalue weighted by molar-refractivity contribution is 0.232. The van der Waals surface area contributed by atoms with Crippen LogP contribution in [0, 0.1) is 6.92 Å². The maximum Gasteiger partial charge on any atom is 0.244 e. The Kier molecular flexibility index (Phi) is 5.80. The first-order chi connectivity index (χ1) is 10.0. The molecule has 7 heteroatoms. The molecule has 21 heavy (non-hydrogen) atoms. The third-order valence-electron chi connectivity index (χ3n) is 3.73. The van der Waals surface area contributed by atoms with Gasteiger partial charge in [-0.15, -0.1) is 0 Å². The van der Waals surface area contributed by atoms with Crippen LogP contribution >= 0.6 is 0 Å². The van der Waals surface area contributed by atoms with E-state index in [9.17, 15) is 8.42 Å². The summed E-state index contributed by atoms with van der Waals surface area (Å²) in [5, 5.41) is 2.95. The Balaban J connectivity index is 1.91. The molecule has 1 aromatic heterocycles. The SMILES string of the molecule is CNCc1cc(S(=O)(=O)NCCN2CCCCC2)c(C)o1. The fourth-order valence-corrected chi connectivity index (χ4v) is 3.87. The van der Waals surface area contributed by atoms with E-state index in [1.165, 1.54) is 19.3 Å². The highest BCUT2D eigenvalue weighted by atomic mass is 32.2. The first-order valence-electron chi connectivity index (χ1n) is 7.49. The van der Waals surface area contributed by atoms with Crippen LogP contribution in [0.4, 0.5) is 0 Å². The van der Waals surface area contributed by atoms with Crippen LogP contribution in [0.1, 0.15) is 30.8 Å². The lowest BCUT2D eigenvalue weighted by atomic mass is 10.1. The van der Waals surface area contributed by atoms with Gasteiger partial charge < -0.3 is 14.6 Å². The van der Waals surface area contributed by atoms with Crippen LogP contribution in [0.3, 0.4) is 0 Å². The van der Waals surface area contributed by atoms with Gasteiger partial charge in [-0.05, 0) is 39.9 Å². The monoisotopic (exact) mass is 315 g/mol. The summed E-state index contributed by atoms with van der Waals surface area (Å²) in [6.45, 7) is 5.54. The molecule has 0 amide bonds. The highest BCUT2D eigenvalue weighted by Gasteiger charge is 2.21. The molecule has 1 aromatic rings. The summed E-state index contributed by atoms with van der Waals surface area (Å²) in [6, 6.07) is 1.59. The van der Waals surface area contributed by atoms with Gasteiger partial charge >= 0.3 is 0 Å². The van der Waals surface area contributed by atoms with Crippen molar-refractivity contribution in [2.24, 2.45) is 0 Å². The first kappa shape index (κ1) is 16.5. The van der Waals surface area contributed by atoms with Crippen molar-refractivity contribution < 1.29 is 12.8 Å². The number of sulfonamides is 1. The summed E-state index contributed by atoms with van der Waals surface area (Å²) in [4.78, 5) is 2.55. The lowest BCUT2D eigenvalue weighted by Crippen LogP contribution is -2.37. The minimum absolute atomic E-state index is 0.242. The maximum absolute atomic E-state index is 12.3. The normalized spacial score (nSPS) is 17.2. The smallest absolute Gasteiger partial charge is 0.244 e. The van der Waals surface area contributed by atoms with Crippen molar-refractivity contribution in [2.45, 2.75) is 37.6 Å². The second-order valence-electron chi connectivity index (χ2n) is 5.46. The molecule has 2 rings (SSSR count). The molecule has 0 aliphatic carbocycles. The van der Waals surface area contributed by atoms with Gasteiger partial charge in [-0.3, -0.25) is 0 Å². The number of hydrogen-bond acceptors (Lipinski definition) is 5. The maximum atomic E-state index is 12.3. The Morgan fingerprint density at radius 3 is 2.67 bits per heavy atom. The van der Waals surface area contributed by atoms with E-state index in [0.29, 0.717) is 24.6 Å². The van der Waals surface area contributed by atoms with Crippen LogP contribution in [-0.2, 0) is 16.6 Å². The Morgan fingerprint density at radius 1 is 1.29 bits per heavy atom. The van der Waals surface area contributed by atoms with E-state index in [0.717, 1.165) is 19.6 Å². The van der Waals surface area contributed by atoms with Crippen molar-refractivity contribution in [3.05, 3.63) is 17.6 Å². The summed E-state index contributed by atoms with van der Waals surface area (Å²) < 4.78 is 32.7. The van der Waals surface area contributed by atoms with Gasteiger partial charge in [-0.25, -0.2) is 13.1 Å². The van der Waals surface area contributed by atoms with E-state index >= 15 is 0 Å². The quantitative estimate of drug-likeness (QED) is 0.787. The average Bonchev–Trinajstić information content (AvgIpc) is 2.82. The number of piperidine rings is 1. The molecule has 0 bridgehead atoms. The van der Waals surface area contributed by atoms with Crippen molar-refractivity contribution in [2.75, 3.05) is 33.2 Å². The van der Waals surface area contributed by atoms with E-state index in [1.54, 1.807) is 20.0 Å². The van der Waals surface area contributed by atoms with Crippen molar-refractivity contribution >= 4 is 10.0 Å². The second kappa shape index (κ2) is 7.40. The predicted octanol–water partition coefficient (Wildman–Crippen LogP) is 1.07. The molecule has 6 nitrogen and oxygen atoms in total. The van der Waals surface area contributed by atoms with E-state index in [-0.39, 0.29) is 4.90 Å². The van der Waals surface area contributed by atoms with Crippen molar-refractivity contribution in [1.82, 2.24) is 14.9 Å². The largest absolute Gasteiger partial charge is 0.464 e. The van der Waals surface area contributed by atoms with Crippen LogP contribution < -0.4 is 10.0 Å². The number of aryl methyl sites for hydroxylation is 1. The predicted molar refractivity (Wildman–Crippen MR) is 81.7 cm³/mol. The molecule has 1 saturated heterocycles. The van der Waals surface area contributed by atoms with Gasteiger partial charge in [-0.1, -0.05) is 6.42 Å². The summed E-state index contributed by atoms with van der Waals surface area (Å²) >= 11 is 0. The third-order valence-corrected chi connectivity index (χ3v) is 5.30. The van der Waals surface area contributed by atoms with Gasteiger partial charge in [0.15, 0.2) is 0 Å². The van der Waals surface area contributed by atoms with Crippen molar-refractivity contribution in [3.63, 3.8) is 0 Å². The Hall–Kier alpha value is -0.890. The number of rotatable bonds is 7. The molecule has 0 saturated carbocycles. The molecule has 0 aromatic carbocycles. The lowest BCUT2D eigenvalue weighted by Gasteiger charge is -2.26. The standard InChI is InChI=1S/C14H25N3O3S/c1-12-14(10-13(20-12)11-15-2)21(18,19)16-6-9-17-7-4-3-5-8-17/h10,15-16H,3-9,11H2,1-2H3. The molecular weight excluding hydrogens is 290 g/mol. The summed E-state index contributed by atoms with van der Waals surface area (Å²) in [5.74, 6) is 1.07. The molecule has 120 valence electrons. The topological polar surface area (TPSA) is 74.6 Å². The average molecular weight is 315 g/mol. The van der Waals surface area contributed by atoms with Gasteiger partial charge in [0.25, 0.3) is 0 Å². The molecule has 2 heterocycles. The van der Waals surface area contributed by atoms with E-state index < -0.39 is 10.0 Å². The zero-order valence-corrected chi connectivity index (χ0v) is 13.6. The second-order valence-corrected chi connectivity index (χ2v) is 7.20. The number of nitrogens with one attached hydrogen (secondary N) is 2. The zero-order valence-electron chi connectivity index (χ0n) is 12.8. The number of likely N-dealkylation sites (tertiary alicyclic amines) is 1. The molecule has 0 spiro atoms. The third kappa shape index (κ3) is 4.54. The Bertz CT molecular complexity index is 548. The first-order valence-corrected chi connectivity index (χ1v) is 8.97. The fourth-order valence-electron chi connectivity index (χ4n) is 2.65. The van der Waals surface area contributed by atoms with Gasteiger partial charge in [0, 0.05) is 19.2 Å². The highest BCUT2D eigenvalue weighted by Crippen LogP contribution is 2.19. The van der Waals surface area contributed by atoms with Crippen LogP contribution in [-0.4, -0.2) is 46.5 Å². The number of furan rings is 1. The molecule has 1 aliphatic heterocycles. The summed E-state index contributed by atoms with van der Waals surface area (Å²) in [5.41, 5.74) is 0. The van der Waals surface area contributed by atoms with E-state index in [4.69, 9.17) is 4.42 Å². The molecule has 0 radical (unpaired) electrons.